The van der Waals surface area contributed by atoms with Crippen LogP contribution in [0.2, 0.25) is 0 Å². The van der Waals surface area contributed by atoms with Crippen molar-refractivity contribution in [2.24, 2.45) is 11.1 Å². The van der Waals surface area contributed by atoms with Crippen LogP contribution in [0.25, 0.3) is 0 Å². The van der Waals surface area contributed by atoms with Crippen LogP contribution in [-0.2, 0) is 14.3 Å². The molecular weight excluding hydrogens is 437 g/mol. The Labute approximate surface area is 180 Å². The van der Waals surface area contributed by atoms with Gasteiger partial charge in [-0.05, 0) is 44.5 Å². The number of halogens is 3. The third kappa shape index (κ3) is 6.15. The smallest absolute Gasteiger partial charge is 0.475 e. The van der Waals surface area contributed by atoms with E-state index in [1.165, 1.54) is 12.3 Å². The molecule has 1 aromatic heterocycles. The van der Waals surface area contributed by atoms with Crippen LogP contribution in [0.3, 0.4) is 0 Å². The molecule has 2 fully saturated rings. The first-order valence-corrected chi connectivity index (χ1v) is 9.62. The lowest BCUT2D eigenvalue weighted by Gasteiger charge is -2.29. The van der Waals surface area contributed by atoms with Gasteiger partial charge in [-0.15, -0.1) is 0 Å². The van der Waals surface area contributed by atoms with Gasteiger partial charge < -0.3 is 26.2 Å². The molecule has 2 aliphatic rings. The maximum absolute atomic E-state index is 12.2. The number of aromatic nitrogens is 1. The first-order chi connectivity index (χ1) is 14.9. The van der Waals surface area contributed by atoms with Gasteiger partial charge in [0.1, 0.15) is 11.8 Å². The predicted octanol–water partition coefficient (Wildman–Crippen LogP) is 0.537. The van der Waals surface area contributed by atoms with Gasteiger partial charge in [0, 0.05) is 12.6 Å². The zero-order valence-electron chi connectivity index (χ0n) is 17.1. The van der Waals surface area contributed by atoms with E-state index in [-0.39, 0.29) is 35.8 Å². The topological polar surface area (TPSA) is 161 Å². The molecule has 0 radical (unpaired) electrons. The number of amides is 2. The summed E-state index contributed by atoms with van der Waals surface area (Å²) in [7, 11) is 0. The zero-order valence-corrected chi connectivity index (χ0v) is 17.1. The second-order valence-electron chi connectivity index (χ2n) is 7.52. The molecule has 5 N–H and O–H groups in total. The highest BCUT2D eigenvalue weighted by Crippen LogP contribution is 2.41. The first-order valence-electron chi connectivity index (χ1n) is 9.62. The fourth-order valence-corrected chi connectivity index (χ4v) is 3.50. The summed E-state index contributed by atoms with van der Waals surface area (Å²) in [5.74, 6) is -3.87. The van der Waals surface area contributed by atoms with Crippen molar-refractivity contribution in [1.82, 2.24) is 15.6 Å². The minimum absolute atomic E-state index is 0.159. The Balaban J connectivity index is 0.000000451. The molecule has 3 heterocycles. The van der Waals surface area contributed by atoms with E-state index in [9.17, 15) is 27.6 Å². The minimum Gasteiger partial charge on any atom is -0.475 e. The van der Waals surface area contributed by atoms with E-state index in [4.69, 9.17) is 20.4 Å². The third-order valence-electron chi connectivity index (χ3n) is 5.23. The third-order valence-corrected chi connectivity index (χ3v) is 5.23. The molecular formula is C19H23F3N4O6. The number of aliphatic carboxylic acids is 1. The maximum atomic E-state index is 12.2. The lowest BCUT2D eigenvalue weighted by molar-refractivity contribution is -0.192. The molecule has 3 rings (SSSR count). The Morgan fingerprint density at radius 1 is 1.34 bits per heavy atom. The number of nitrogens with zero attached hydrogens (tertiary/aromatic N) is 1. The fraction of sp³-hybridized carbons (Fsp3) is 0.526. The van der Waals surface area contributed by atoms with Crippen LogP contribution in [0, 0.1) is 12.3 Å². The predicted molar refractivity (Wildman–Crippen MR) is 103 cm³/mol. The number of carbonyl (C=O) groups excluding carboxylic acids is 3. The average Bonchev–Trinajstić information content (AvgIpc) is 3.00. The van der Waals surface area contributed by atoms with Gasteiger partial charge in [-0.2, -0.15) is 13.2 Å². The summed E-state index contributed by atoms with van der Waals surface area (Å²) >= 11 is 0. The summed E-state index contributed by atoms with van der Waals surface area (Å²) in [5.41, 5.74) is 5.90. The Kier molecular flexibility index (Phi) is 7.78. The quantitative estimate of drug-likeness (QED) is 0.474. The van der Waals surface area contributed by atoms with Crippen molar-refractivity contribution in [2.45, 2.75) is 38.5 Å². The number of pyridine rings is 1. The van der Waals surface area contributed by atoms with Crippen molar-refractivity contribution in [1.29, 1.82) is 0 Å². The van der Waals surface area contributed by atoms with Gasteiger partial charge >= 0.3 is 18.1 Å². The van der Waals surface area contributed by atoms with Gasteiger partial charge in [0.15, 0.2) is 0 Å². The van der Waals surface area contributed by atoms with E-state index in [1.807, 2.05) is 0 Å². The number of hydrogen-bond donors (Lipinski definition) is 4. The number of esters is 1. The van der Waals surface area contributed by atoms with Crippen molar-refractivity contribution in [3.63, 3.8) is 0 Å². The number of aryl methyl sites for hydroxylation is 1. The zero-order chi connectivity index (χ0) is 24.1. The molecule has 176 valence electrons. The Bertz CT molecular complexity index is 900. The van der Waals surface area contributed by atoms with Gasteiger partial charge in [-0.1, -0.05) is 0 Å². The minimum atomic E-state index is -5.08. The summed E-state index contributed by atoms with van der Waals surface area (Å²) in [4.78, 5) is 48.5. The molecule has 32 heavy (non-hydrogen) atoms. The molecule has 2 amide bonds. The van der Waals surface area contributed by atoms with E-state index in [1.54, 1.807) is 6.92 Å². The number of alkyl halides is 3. The van der Waals surface area contributed by atoms with Gasteiger partial charge in [0.05, 0.1) is 17.5 Å². The molecule has 1 atom stereocenters. The number of carboxylic acids is 1. The summed E-state index contributed by atoms with van der Waals surface area (Å²) in [6.07, 6.45) is -1.94. The molecule has 2 aliphatic heterocycles. The van der Waals surface area contributed by atoms with Gasteiger partial charge in [-0.25, -0.2) is 4.79 Å². The molecule has 0 bridgehead atoms. The van der Waals surface area contributed by atoms with Crippen LogP contribution in [0.15, 0.2) is 12.3 Å². The van der Waals surface area contributed by atoms with Crippen LogP contribution >= 0.6 is 0 Å². The summed E-state index contributed by atoms with van der Waals surface area (Å²) in [6.45, 7) is 3.56. The Hall–Kier alpha value is -3.22. The number of nitrogens with one attached hydrogen (secondary N) is 2. The van der Waals surface area contributed by atoms with Gasteiger partial charge in [-0.3, -0.25) is 19.4 Å². The Morgan fingerprint density at radius 2 is 1.94 bits per heavy atom. The Morgan fingerprint density at radius 3 is 2.44 bits per heavy atom. The van der Waals surface area contributed by atoms with E-state index in [0.717, 1.165) is 25.9 Å². The highest BCUT2D eigenvalue weighted by molar-refractivity contribution is 5.96. The standard InChI is InChI=1S/C17H22N4O4.C2HF3O2/c1-10-6-13(20-9-12(10)14(18)22)15(23)21-8-11-7-17(16(24)25-11)2-4-19-5-3-17;3-2(4,5)1(6)7/h6,9,11,19H,2-5,7-8H2,1H3,(H2,18,22)(H,21,23);(H,6,7). The number of hydrogen-bond acceptors (Lipinski definition) is 7. The largest absolute Gasteiger partial charge is 0.490 e. The van der Waals surface area contributed by atoms with Crippen LogP contribution in [0.1, 0.15) is 45.7 Å². The molecule has 2 saturated heterocycles. The molecule has 1 unspecified atom stereocenters. The van der Waals surface area contributed by atoms with E-state index >= 15 is 0 Å². The molecule has 10 nitrogen and oxygen atoms in total. The number of ether oxygens (including phenoxy) is 1. The highest BCUT2D eigenvalue weighted by Gasteiger charge is 2.49. The van der Waals surface area contributed by atoms with Crippen molar-refractivity contribution in [3.05, 3.63) is 29.1 Å². The van der Waals surface area contributed by atoms with Crippen LogP contribution < -0.4 is 16.4 Å². The number of cyclic esters (lactones) is 1. The van der Waals surface area contributed by atoms with E-state index < -0.39 is 23.5 Å². The van der Waals surface area contributed by atoms with Crippen molar-refractivity contribution in [3.8, 4) is 0 Å². The number of piperidine rings is 1. The van der Waals surface area contributed by atoms with Crippen LogP contribution in [0.4, 0.5) is 13.2 Å². The molecule has 0 aliphatic carbocycles. The average molecular weight is 460 g/mol. The second-order valence-corrected chi connectivity index (χ2v) is 7.52. The number of nitrogens with two attached hydrogens (primary N) is 1. The molecule has 1 aromatic rings. The number of rotatable bonds is 4. The summed E-state index contributed by atoms with van der Waals surface area (Å²) in [6, 6.07) is 1.52. The van der Waals surface area contributed by atoms with Crippen molar-refractivity contribution < 1.29 is 42.2 Å². The number of carbonyl (C=O) groups is 4. The van der Waals surface area contributed by atoms with Crippen LogP contribution in [-0.4, -0.2) is 65.8 Å². The highest BCUT2D eigenvalue weighted by atomic mass is 19.4. The number of carboxylic acid groups (broad SMARTS) is 1. The van der Waals surface area contributed by atoms with E-state index in [2.05, 4.69) is 15.6 Å². The van der Waals surface area contributed by atoms with E-state index in [0.29, 0.717) is 12.0 Å². The number of primary amides is 1. The molecule has 1 spiro atoms. The van der Waals surface area contributed by atoms with Crippen molar-refractivity contribution >= 4 is 23.8 Å². The normalized spacial score (nSPS) is 19.5. The maximum Gasteiger partial charge on any atom is 0.490 e. The lowest BCUT2D eigenvalue weighted by atomic mass is 9.76. The van der Waals surface area contributed by atoms with Gasteiger partial charge in [0.25, 0.3) is 11.8 Å². The summed E-state index contributed by atoms with van der Waals surface area (Å²) in [5, 5.41) is 13.1. The lowest BCUT2D eigenvalue weighted by Crippen LogP contribution is -2.39. The molecule has 0 aromatic carbocycles. The molecule has 13 heteroatoms. The first kappa shape index (κ1) is 25.0. The van der Waals surface area contributed by atoms with Crippen molar-refractivity contribution in [2.75, 3.05) is 19.6 Å². The van der Waals surface area contributed by atoms with Gasteiger partial charge in [0.2, 0.25) is 0 Å². The fourth-order valence-electron chi connectivity index (χ4n) is 3.50. The monoisotopic (exact) mass is 460 g/mol. The van der Waals surface area contributed by atoms with Crippen LogP contribution in [0.5, 0.6) is 0 Å². The second kappa shape index (κ2) is 9.94. The summed E-state index contributed by atoms with van der Waals surface area (Å²) < 4.78 is 37.2. The molecule has 0 saturated carbocycles. The SMILES string of the molecule is Cc1cc(C(=O)NCC2CC3(CCNCC3)C(=O)O2)ncc1C(N)=O.O=C(O)C(F)(F)F.